The highest BCUT2D eigenvalue weighted by Crippen LogP contribution is 2.38. The van der Waals surface area contributed by atoms with Crippen LogP contribution in [-0.2, 0) is 4.57 Å². The van der Waals surface area contributed by atoms with Crippen LogP contribution >= 0.6 is 7.82 Å². The van der Waals surface area contributed by atoms with Gasteiger partial charge in [-0.1, -0.05) is 0 Å². The van der Waals surface area contributed by atoms with Crippen molar-refractivity contribution in [3.8, 4) is 5.75 Å². The van der Waals surface area contributed by atoms with Crippen molar-refractivity contribution in [2.24, 2.45) is 11.5 Å². The van der Waals surface area contributed by atoms with Gasteiger partial charge in [0.25, 0.3) is 0 Å². The summed E-state index contributed by atoms with van der Waals surface area (Å²) in [4.78, 5) is 28.4. The second-order valence-electron chi connectivity index (χ2n) is 7.43. The number of phosphoric ester groups is 1. The Morgan fingerprint density at radius 2 is 1.42 bits per heavy atom. The van der Waals surface area contributed by atoms with Gasteiger partial charge in [-0.15, -0.1) is 0 Å². The predicted molar refractivity (Wildman–Crippen MR) is 113 cm³/mol. The van der Waals surface area contributed by atoms with Crippen molar-refractivity contribution >= 4 is 18.8 Å². The van der Waals surface area contributed by atoms with E-state index in [-0.39, 0.29) is 37.8 Å². The third kappa shape index (κ3) is 11.9. The minimum atomic E-state index is -4.61. The van der Waals surface area contributed by atoms with Gasteiger partial charge in [-0.2, -0.15) is 0 Å². The molecule has 12 nitrogen and oxygen atoms in total. The van der Waals surface area contributed by atoms with Gasteiger partial charge < -0.3 is 40.8 Å². The van der Waals surface area contributed by atoms with E-state index in [1.807, 2.05) is 0 Å². The van der Waals surface area contributed by atoms with Gasteiger partial charge in [-0.25, -0.2) is 9.36 Å². The fourth-order valence-electron chi connectivity index (χ4n) is 1.60. The molecule has 13 heteroatoms. The number of fused-ring (bicyclic) bond motifs is 1. The van der Waals surface area contributed by atoms with Crippen LogP contribution in [0.15, 0.2) is 33.5 Å². The van der Waals surface area contributed by atoms with E-state index in [1.165, 1.54) is 18.2 Å². The zero-order chi connectivity index (χ0) is 24.5. The molecular weight excluding hydrogens is 435 g/mol. The number of nitrogens with two attached hydrogens (primary N) is 2. The molecule has 178 valence electrons. The number of rotatable bonds is 6. The topological polar surface area (TPSA) is 230 Å². The molecule has 0 saturated heterocycles. The molecule has 31 heavy (non-hydrogen) atoms. The predicted octanol–water partition coefficient (Wildman–Crippen LogP) is -1.05. The zero-order valence-corrected chi connectivity index (χ0v) is 18.5. The van der Waals surface area contributed by atoms with Crippen molar-refractivity contribution < 1.29 is 43.7 Å². The third-order valence-corrected chi connectivity index (χ3v) is 4.04. The molecule has 1 aromatic heterocycles. The van der Waals surface area contributed by atoms with Crippen molar-refractivity contribution in [3.63, 3.8) is 0 Å². The monoisotopic (exact) mass is 466 g/mol. The number of aliphatic hydroxyl groups excluding tert-OH is 4. The van der Waals surface area contributed by atoms with Crippen LogP contribution in [0, 0.1) is 6.92 Å². The third-order valence-electron chi connectivity index (χ3n) is 3.59. The van der Waals surface area contributed by atoms with Crippen molar-refractivity contribution in [1.29, 1.82) is 0 Å². The van der Waals surface area contributed by atoms with Crippen molar-refractivity contribution in [2.75, 3.05) is 26.4 Å². The van der Waals surface area contributed by atoms with E-state index in [9.17, 15) is 9.36 Å². The Hall–Kier alpha value is -1.86. The van der Waals surface area contributed by atoms with Crippen molar-refractivity contribution in [1.82, 2.24) is 0 Å². The van der Waals surface area contributed by atoms with Gasteiger partial charge in [0.15, 0.2) is 0 Å². The summed E-state index contributed by atoms with van der Waals surface area (Å²) in [5.41, 5.74) is 9.24. The lowest BCUT2D eigenvalue weighted by Crippen LogP contribution is -2.43. The molecule has 10 N–H and O–H groups in total. The maximum atomic E-state index is 11.1. The van der Waals surface area contributed by atoms with Gasteiger partial charge in [-0.05, 0) is 38.5 Å². The number of hydrogen-bond acceptors (Lipinski definition) is 10. The first-order valence-electron chi connectivity index (χ1n) is 8.90. The van der Waals surface area contributed by atoms with E-state index in [0.717, 1.165) is 5.56 Å². The summed E-state index contributed by atoms with van der Waals surface area (Å²) >= 11 is 0. The molecule has 2 aromatic rings. The van der Waals surface area contributed by atoms with Gasteiger partial charge in [0.05, 0.1) is 37.5 Å². The first-order valence-corrected chi connectivity index (χ1v) is 10.4. The summed E-state index contributed by atoms with van der Waals surface area (Å²) in [6.45, 7) is 4.18. The fourth-order valence-corrected chi connectivity index (χ4v) is 1.99. The number of hydrogen-bond donors (Lipinski definition) is 8. The molecule has 0 amide bonds. The molecule has 1 aromatic carbocycles. The number of phosphoric acid groups is 1. The zero-order valence-electron chi connectivity index (χ0n) is 17.6. The lowest BCUT2D eigenvalue weighted by molar-refractivity contribution is 0.134. The molecule has 0 radical (unpaired) electrons. The normalized spacial score (nSPS) is 11.8. The maximum absolute atomic E-state index is 11.1. The summed E-state index contributed by atoms with van der Waals surface area (Å²) in [7, 11) is -4.61. The van der Waals surface area contributed by atoms with Gasteiger partial charge in [0.1, 0.15) is 11.3 Å². The summed E-state index contributed by atoms with van der Waals surface area (Å²) < 4.78 is 20.0. The molecule has 0 unspecified atom stereocenters. The minimum absolute atomic E-state index is 0.0559. The highest BCUT2D eigenvalue weighted by molar-refractivity contribution is 7.46. The number of aryl methyl sites for hydroxylation is 1. The van der Waals surface area contributed by atoms with Gasteiger partial charge >= 0.3 is 13.4 Å². The molecule has 0 aliphatic carbocycles. The van der Waals surface area contributed by atoms with E-state index >= 15 is 0 Å². The van der Waals surface area contributed by atoms with E-state index in [1.54, 1.807) is 26.8 Å². The summed E-state index contributed by atoms with van der Waals surface area (Å²) in [6, 6.07) is 5.57. The van der Waals surface area contributed by atoms with Crippen LogP contribution in [0.5, 0.6) is 5.75 Å². The van der Waals surface area contributed by atoms with Crippen molar-refractivity contribution in [2.45, 2.75) is 31.8 Å². The van der Waals surface area contributed by atoms with E-state index in [2.05, 4.69) is 4.52 Å². The SMILES string of the molecule is CC(N)(CO)CO.CC(N)(CO)CO.Cc1cc(=O)oc2cc(OP(=O)(O)O)ccc12. The Morgan fingerprint density at radius 3 is 1.77 bits per heavy atom. The second kappa shape index (κ2) is 12.2. The van der Waals surface area contributed by atoms with E-state index in [4.69, 9.17) is 46.1 Å². The lowest BCUT2D eigenvalue weighted by atomic mass is 10.1. The number of aliphatic hydroxyl groups is 4. The Balaban J connectivity index is 0.000000536. The first kappa shape index (κ1) is 29.1. The summed E-state index contributed by atoms with van der Waals surface area (Å²) in [5, 5.41) is 33.9. The molecule has 0 fully saturated rings. The highest BCUT2D eigenvalue weighted by atomic mass is 31.2. The van der Waals surface area contributed by atoms with Crippen LogP contribution in [0.4, 0.5) is 0 Å². The quantitative estimate of drug-likeness (QED) is 0.188. The summed E-state index contributed by atoms with van der Waals surface area (Å²) in [5.74, 6) is -0.0559. The van der Waals surface area contributed by atoms with Gasteiger partial charge in [0.2, 0.25) is 0 Å². The average molecular weight is 466 g/mol. The Morgan fingerprint density at radius 1 is 0.968 bits per heavy atom. The van der Waals surface area contributed by atoms with Crippen LogP contribution < -0.4 is 21.6 Å². The summed E-state index contributed by atoms with van der Waals surface area (Å²) in [6.07, 6.45) is 0. The van der Waals surface area contributed by atoms with E-state index < -0.39 is 24.5 Å². The Labute approximate surface area is 178 Å². The smallest absolute Gasteiger partial charge is 0.423 e. The molecule has 0 aliphatic rings. The fraction of sp³-hybridized carbons (Fsp3) is 0.500. The number of benzene rings is 1. The molecule has 1 heterocycles. The van der Waals surface area contributed by atoms with Crippen LogP contribution in [0.1, 0.15) is 19.4 Å². The van der Waals surface area contributed by atoms with Crippen LogP contribution in [0.25, 0.3) is 11.0 Å². The maximum Gasteiger partial charge on any atom is 0.524 e. The Kier molecular flexibility index (Phi) is 11.5. The van der Waals surface area contributed by atoms with Crippen molar-refractivity contribution in [3.05, 3.63) is 40.2 Å². The molecule has 0 aliphatic heterocycles. The molecule has 0 atom stereocenters. The molecule has 2 rings (SSSR count). The van der Waals surface area contributed by atoms with Crippen LogP contribution in [0.2, 0.25) is 0 Å². The molecular formula is C18H31N2O10P. The van der Waals surface area contributed by atoms with Gasteiger partial charge in [-0.3, -0.25) is 9.79 Å². The molecule has 0 saturated carbocycles. The standard InChI is InChI=1S/C10H9O6P.2C4H11NO2/c1-6-4-10(11)15-9-5-7(2-3-8(6)9)16-17(12,13)14;2*1-4(5,2-6)3-7/h2-5H,1H3,(H2,12,13,14);2*6-7H,2-3,5H2,1H3. The average Bonchev–Trinajstić information content (AvgIpc) is 2.67. The largest absolute Gasteiger partial charge is 0.524 e. The van der Waals surface area contributed by atoms with Crippen LogP contribution in [-0.4, -0.2) is 67.7 Å². The van der Waals surface area contributed by atoms with Crippen LogP contribution in [0.3, 0.4) is 0 Å². The van der Waals surface area contributed by atoms with E-state index in [0.29, 0.717) is 5.39 Å². The highest BCUT2D eigenvalue weighted by Gasteiger charge is 2.16. The first-order chi connectivity index (χ1) is 14.1. The Bertz CT molecular complexity index is 895. The minimum Gasteiger partial charge on any atom is -0.423 e. The second-order valence-corrected chi connectivity index (χ2v) is 8.59. The lowest BCUT2D eigenvalue weighted by Gasteiger charge is -2.16. The molecule has 0 spiro atoms. The van der Waals surface area contributed by atoms with Gasteiger partial charge in [0, 0.05) is 17.5 Å². The molecule has 0 bridgehead atoms.